The fourth-order valence-corrected chi connectivity index (χ4v) is 6.16. The van der Waals surface area contributed by atoms with E-state index in [9.17, 15) is 16.8 Å². The number of sulfonamides is 2. The Balaban J connectivity index is 2.10. The highest BCUT2D eigenvalue weighted by Crippen LogP contribution is 2.17. The van der Waals surface area contributed by atoms with E-state index in [4.69, 9.17) is 0 Å². The zero-order valence-electron chi connectivity index (χ0n) is 10.6. The fourth-order valence-electron chi connectivity index (χ4n) is 2.13. The predicted octanol–water partition coefficient (Wildman–Crippen LogP) is 0.475. The molecule has 0 spiro atoms. The van der Waals surface area contributed by atoms with Gasteiger partial charge in [-0.1, -0.05) is 18.6 Å². The van der Waals surface area contributed by atoms with Crippen LogP contribution < -0.4 is 0 Å². The number of nitrogens with zero attached hydrogens (tertiary/aromatic N) is 2. The van der Waals surface area contributed by atoms with Crippen molar-refractivity contribution in [2.45, 2.75) is 19.3 Å². The average Bonchev–Trinajstić information content (AvgIpc) is 2.40. The maximum atomic E-state index is 12.1. The zero-order chi connectivity index (χ0) is 13.9. The molecule has 6 nitrogen and oxygen atoms in total. The molecule has 0 aromatic heterocycles. The van der Waals surface area contributed by atoms with E-state index in [0.717, 1.165) is 23.6 Å². The van der Waals surface area contributed by atoms with Gasteiger partial charge in [-0.2, -0.15) is 0 Å². The van der Waals surface area contributed by atoms with E-state index >= 15 is 0 Å². The summed E-state index contributed by atoms with van der Waals surface area (Å²) in [6.45, 7) is 1.04. The fraction of sp³-hybridized carbons (Fsp3) is 0.636. The van der Waals surface area contributed by atoms with Gasteiger partial charge in [0, 0.05) is 19.3 Å². The Hall–Kier alpha value is -0.860. The highest BCUT2D eigenvalue weighted by molar-refractivity contribution is 8.05. The molecular weight excluding hydrogens is 288 g/mol. The second-order valence-electron chi connectivity index (χ2n) is 4.64. The first kappa shape index (κ1) is 14.5. The molecule has 0 atom stereocenters. The number of hydrogen-bond donors (Lipinski definition) is 0. The molecule has 2 heterocycles. The Morgan fingerprint density at radius 1 is 0.895 bits per heavy atom. The van der Waals surface area contributed by atoms with E-state index in [-0.39, 0.29) is 6.54 Å². The van der Waals surface area contributed by atoms with Crippen LogP contribution in [0, 0.1) is 0 Å². The molecule has 0 aliphatic carbocycles. The third kappa shape index (κ3) is 3.58. The molecular formula is C11H18N2O4S2. The van der Waals surface area contributed by atoms with Crippen LogP contribution in [0.3, 0.4) is 0 Å². The van der Waals surface area contributed by atoms with Gasteiger partial charge in [-0.05, 0) is 18.9 Å². The summed E-state index contributed by atoms with van der Waals surface area (Å²) in [5.41, 5.74) is 0. The number of rotatable bonds is 4. The number of hydrogen-bond acceptors (Lipinski definition) is 4. The SMILES string of the molecule is O=S(=O)(CS(=O)(=O)N1CCCCC1)N1C=CC=CC1. The summed E-state index contributed by atoms with van der Waals surface area (Å²) < 4.78 is 50.8. The van der Waals surface area contributed by atoms with Crippen molar-refractivity contribution in [1.29, 1.82) is 0 Å². The summed E-state index contributed by atoms with van der Waals surface area (Å²) in [6.07, 6.45) is 8.96. The molecule has 0 aromatic carbocycles. The van der Waals surface area contributed by atoms with E-state index in [1.165, 1.54) is 10.5 Å². The van der Waals surface area contributed by atoms with Crippen molar-refractivity contribution >= 4 is 20.0 Å². The van der Waals surface area contributed by atoms with Crippen molar-refractivity contribution in [3.63, 3.8) is 0 Å². The average molecular weight is 306 g/mol. The lowest BCUT2D eigenvalue weighted by Gasteiger charge is -2.27. The van der Waals surface area contributed by atoms with Crippen LogP contribution in [-0.2, 0) is 20.0 Å². The molecule has 19 heavy (non-hydrogen) atoms. The van der Waals surface area contributed by atoms with E-state index in [0.29, 0.717) is 13.1 Å². The topological polar surface area (TPSA) is 74.8 Å². The van der Waals surface area contributed by atoms with Crippen molar-refractivity contribution in [3.05, 3.63) is 24.4 Å². The molecule has 0 unspecified atom stereocenters. The Morgan fingerprint density at radius 2 is 1.58 bits per heavy atom. The molecule has 0 N–H and O–H groups in total. The molecule has 8 heteroatoms. The van der Waals surface area contributed by atoms with Crippen LogP contribution in [0.1, 0.15) is 19.3 Å². The number of piperidine rings is 1. The Kier molecular flexibility index (Phi) is 4.32. The van der Waals surface area contributed by atoms with Gasteiger partial charge in [0.15, 0.2) is 5.08 Å². The van der Waals surface area contributed by atoms with E-state index in [2.05, 4.69) is 0 Å². The summed E-state index contributed by atoms with van der Waals surface area (Å²) in [5, 5.41) is -0.849. The minimum atomic E-state index is -3.82. The molecule has 2 aliphatic heterocycles. The molecule has 1 fully saturated rings. The molecule has 0 saturated carbocycles. The van der Waals surface area contributed by atoms with Gasteiger partial charge >= 0.3 is 0 Å². The monoisotopic (exact) mass is 306 g/mol. The second-order valence-corrected chi connectivity index (χ2v) is 8.90. The summed E-state index contributed by atoms with van der Waals surface area (Å²) in [4.78, 5) is 0. The third-order valence-electron chi connectivity index (χ3n) is 3.15. The highest BCUT2D eigenvalue weighted by atomic mass is 32.3. The highest BCUT2D eigenvalue weighted by Gasteiger charge is 2.32. The molecule has 0 aromatic rings. The quantitative estimate of drug-likeness (QED) is 0.757. The molecule has 2 rings (SSSR count). The molecule has 108 valence electrons. The van der Waals surface area contributed by atoms with Crippen LogP contribution in [0.2, 0.25) is 0 Å². The van der Waals surface area contributed by atoms with Crippen molar-refractivity contribution in [2.75, 3.05) is 24.7 Å². The van der Waals surface area contributed by atoms with Crippen LogP contribution >= 0.6 is 0 Å². The van der Waals surface area contributed by atoms with Crippen molar-refractivity contribution < 1.29 is 16.8 Å². The van der Waals surface area contributed by atoms with Gasteiger partial charge in [-0.25, -0.2) is 21.1 Å². The molecule has 0 amide bonds. The van der Waals surface area contributed by atoms with Crippen LogP contribution in [0.25, 0.3) is 0 Å². The van der Waals surface area contributed by atoms with Gasteiger partial charge in [0.05, 0.1) is 6.54 Å². The van der Waals surface area contributed by atoms with E-state index in [1.807, 2.05) is 0 Å². The largest absolute Gasteiger partial charge is 0.273 e. The van der Waals surface area contributed by atoms with Crippen LogP contribution in [0.15, 0.2) is 24.4 Å². The predicted molar refractivity (Wildman–Crippen MR) is 73.1 cm³/mol. The van der Waals surface area contributed by atoms with Gasteiger partial charge < -0.3 is 0 Å². The standard InChI is InChI=1S/C11H18N2O4S2/c14-18(15,12-7-3-1-4-8-12)11-19(16,17)13-9-5-2-6-10-13/h1,3-4,7H,2,5-6,8-11H2. The van der Waals surface area contributed by atoms with Crippen LogP contribution in [0.5, 0.6) is 0 Å². The van der Waals surface area contributed by atoms with Crippen molar-refractivity contribution in [2.24, 2.45) is 0 Å². The zero-order valence-corrected chi connectivity index (χ0v) is 12.2. The Labute approximate surface area is 114 Å². The summed E-state index contributed by atoms with van der Waals surface area (Å²) >= 11 is 0. The van der Waals surface area contributed by atoms with E-state index in [1.54, 1.807) is 18.2 Å². The number of allylic oxidation sites excluding steroid dienone is 2. The minimum Gasteiger partial charge on any atom is -0.273 e. The van der Waals surface area contributed by atoms with Gasteiger partial charge in [0.1, 0.15) is 0 Å². The molecule has 2 aliphatic rings. The lowest BCUT2D eigenvalue weighted by molar-refractivity contribution is 0.348. The van der Waals surface area contributed by atoms with Gasteiger partial charge in [0.25, 0.3) is 10.0 Å². The summed E-state index contributed by atoms with van der Waals surface area (Å²) in [5.74, 6) is 0. The second kappa shape index (κ2) is 5.64. The molecule has 1 saturated heterocycles. The third-order valence-corrected chi connectivity index (χ3v) is 7.67. The van der Waals surface area contributed by atoms with Crippen LogP contribution in [-0.4, -0.2) is 50.2 Å². The molecule has 0 bridgehead atoms. The Morgan fingerprint density at radius 3 is 2.16 bits per heavy atom. The smallest absolute Gasteiger partial charge is 0.250 e. The Bertz CT molecular complexity index is 572. The van der Waals surface area contributed by atoms with Gasteiger partial charge in [-0.3, -0.25) is 4.31 Å². The maximum Gasteiger partial charge on any atom is 0.250 e. The minimum absolute atomic E-state index is 0.189. The lowest BCUT2D eigenvalue weighted by Crippen LogP contribution is -2.42. The first-order valence-corrected chi connectivity index (χ1v) is 9.44. The van der Waals surface area contributed by atoms with Crippen molar-refractivity contribution in [1.82, 2.24) is 8.61 Å². The normalized spacial score (nSPS) is 21.8. The summed E-state index contributed by atoms with van der Waals surface area (Å²) in [6, 6.07) is 0. The van der Waals surface area contributed by atoms with Gasteiger partial charge in [-0.15, -0.1) is 0 Å². The van der Waals surface area contributed by atoms with Crippen LogP contribution in [0.4, 0.5) is 0 Å². The maximum absolute atomic E-state index is 12.1. The molecule has 0 radical (unpaired) electrons. The summed E-state index contributed by atoms with van der Waals surface area (Å²) in [7, 11) is -7.57. The van der Waals surface area contributed by atoms with Crippen molar-refractivity contribution in [3.8, 4) is 0 Å². The lowest BCUT2D eigenvalue weighted by atomic mass is 10.2. The van der Waals surface area contributed by atoms with Gasteiger partial charge in [0.2, 0.25) is 10.0 Å². The first-order chi connectivity index (χ1) is 8.92. The van der Waals surface area contributed by atoms with E-state index < -0.39 is 25.1 Å². The first-order valence-electron chi connectivity index (χ1n) is 6.22.